The van der Waals surface area contributed by atoms with Gasteiger partial charge in [-0.25, -0.2) is 4.98 Å². The van der Waals surface area contributed by atoms with Gasteiger partial charge < -0.3 is 10.6 Å². The van der Waals surface area contributed by atoms with E-state index in [1.807, 2.05) is 17.9 Å². The van der Waals surface area contributed by atoms with Crippen LogP contribution < -0.4 is 10.6 Å². The Hall–Kier alpha value is -1.24. The van der Waals surface area contributed by atoms with Gasteiger partial charge in [0, 0.05) is 19.3 Å². The minimum Gasteiger partial charge on any atom is -0.346 e. The minimum absolute atomic E-state index is 0.405. The number of hydrogen-bond donors (Lipinski definition) is 1. The van der Waals surface area contributed by atoms with E-state index in [2.05, 4.69) is 10.9 Å². The molecule has 0 saturated carbocycles. The molecule has 1 heterocycles. The molecule has 2 N–H and O–H groups in total. The largest absolute Gasteiger partial charge is 0.346 e. The third kappa shape index (κ3) is 2.85. The molecule has 0 aliphatic heterocycles. The minimum atomic E-state index is 0.405. The van der Waals surface area contributed by atoms with Crippen molar-refractivity contribution in [3.8, 4) is 12.3 Å². The number of terminal acetylenes is 1. The SMILES string of the molecule is C#CCN(CC)c1cc(CN)c(Cl)cn1. The Labute approximate surface area is 95.2 Å². The predicted octanol–water partition coefficient (Wildman–Crippen LogP) is 1.65. The lowest BCUT2D eigenvalue weighted by Gasteiger charge is -2.19. The highest BCUT2D eigenvalue weighted by Gasteiger charge is 2.07. The van der Waals surface area contributed by atoms with E-state index in [-0.39, 0.29) is 0 Å². The maximum absolute atomic E-state index is 5.92. The molecule has 4 heteroatoms. The van der Waals surface area contributed by atoms with Gasteiger partial charge in [-0.2, -0.15) is 0 Å². The van der Waals surface area contributed by atoms with Crippen LogP contribution in [0.2, 0.25) is 5.02 Å². The average molecular weight is 224 g/mol. The van der Waals surface area contributed by atoms with E-state index in [4.69, 9.17) is 23.8 Å². The Kier molecular flexibility index (Phi) is 4.41. The lowest BCUT2D eigenvalue weighted by molar-refractivity contribution is 0.888. The zero-order valence-corrected chi connectivity index (χ0v) is 9.46. The zero-order valence-electron chi connectivity index (χ0n) is 8.70. The van der Waals surface area contributed by atoms with E-state index in [0.29, 0.717) is 18.1 Å². The molecule has 1 rings (SSSR count). The fourth-order valence-corrected chi connectivity index (χ4v) is 1.44. The van der Waals surface area contributed by atoms with Gasteiger partial charge >= 0.3 is 0 Å². The smallest absolute Gasteiger partial charge is 0.129 e. The van der Waals surface area contributed by atoms with Gasteiger partial charge in [-0.1, -0.05) is 17.5 Å². The van der Waals surface area contributed by atoms with Crippen molar-refractivity contribution in [2.24, 2.45) is 5.73 Å². The van der Waals surface area contributed by atoms with Crippen molar-refractivity contribution >= 4 is 17.4 Å². The second kappa shape index (κ2) is 5.59. The van der Waals surface area contributed by atoms with Crippen molar-refractivity contribution in [1.82, 2.24) is 4.98 Å². The van der Waals surface area contributed by atoms with Gasteiger partial charge in [-0.15, -0.1) is 6.42 Å². The summed E-state index contributed by atoms with van der Waals surface area (Å²) < 4.78 is 0. The Morgan fingerprint density at radius 1 is 1.67 bits per heavy atom. The molecule has 3 nitrogen and oxygen atoms in total. The van der Waals surface area contributed by atoms with E-state index < -0.39 is 0 Å². The lowest BCUT2D eigenvalue weighted by Crippen LogP contribution is -2.24. The molecule has 0 aliphatic rings. The molecule has 0 atom stereocenters. The van der Waals surface area contributed by atoms with Crippen LogP contribution in [0.25, 0.3) is 0 Å². The highest BCUT2D eigenvalue weighted by molar-refractivity contribution is 6.31. The summed E-state index contributed by atoms with van der Waals surface area (Å²) in [6, 6.07) is 1.88. The monoisotopic (exact) mass is 223 g/mol. The molecule has 0 unspecified atom stereocenters. The van der Waals surface area contributed by atoms with Crippen molar-refractivity contribution in [2.45, 2.75) is 13.5 Å². The normalized spacial score (nSPS) is 9.73. The van der Waals surface area contributed by atoms with Gasteiger partial charge in [-0.3, -0.25) is 0 Å². The van der Waals surface area contributed by atoms with Crippen molar-refractivity contribution in [1.29, 1.82) is 0 Å². The van der Waals surface area contributed by atoms with E-state index in [9.17, 15) is 0 Å². The van der Waals surface area contributed by atoms with Gasteiger partial charge in [0.25, 0.3) is 0 Å². The lowest BCUT2D eigenvalue weighted by atomic mass is 10.2. The number of anilines is 1. The van der Waals surface area contributed by atoms with Crippen LogP contribution >= 0.6 is 11.6 Å². The topological polar surface area (TPSA) is 42.1 Å². The first-order chi connectivity index (χ1) is 7.22. The third-order valence-electron chi connectivity index (χ3n) is 2.13. The van der Waals surface area contributed by atoms with Gasteiger partial charge in [0.2, 0.25) is 0 Å². The number of halogens is 1. The number of hydrogen-bond acceptors (Lipinski definition) is 3. The van der Waals surface area contributed by atoms with Crippen LogP contribution in [0, 0.1) is 12.3 Å². The van der Waals surface area contributed by atoms with E-state index in [1.54, 1.807) is 6.20 Å². The van der Waals surface area contributed by atoms with Crippen LogP contribution in [-0.2, 0) is 6.54 Å². The molecule has 0 aliphatic carbocycles. The van der Waals surface area contributed by atoms with Crippen LogP contribution in [0.5, 0.6) is 0 Å². The predicted molar refractivity (Wildman–Crippen MR) is 63.9 cm³/mol. The Bertz CT molecular complexity index is 371. The Morgan fingerprint density at radius 3 is 2.93 bits per heavy atom. The maximum atomic E-state index is 5.92. The molecule has 0 aromatic carbocycles. The van der Waals surface area contributed by atoms with Crippen LogP contribution in [0.4, 0.5) is 5.82 Å². The van der Waals surface area contributed by atoms with Crippen LogP contribution in [0.3, 0.4) is 0 Å². The summed E-state index contributed by atoms with van der Waals surface area (Å²) in [5.74, 6) is 3.41. The molecule has 0 radical (unpaired) electrons. The number of nitrogens with zero attached hydrogens (tertiary/aromatic N) is 2. The summed E-state index contributed by atoms with van der Waals surface area (Å²) in [6.45, 7) is 3.77. The molecule has 0 saturated heterocycles. The highest BCUT2D eigenvalue weighted by atomic mass is 35.5. The number of nitrogens with two attached hydrogens (primary N) is 1. The molecule has 0 spiro atoms. The third-order valence-corrected chi connectivity index (χ3v) is 2.47. The molecule has 0 amide bonds. The van der Waals surface area contributed by atoms with Gasteiger partial charge in [0.05, 0.1) is 11.6 Å². The number of rotatable bonds is 4. The van der Waals surface area contributed by atoms with Crippen molar-refractivity contribution in [3.05, 3.63) is 22.8 Å². The van der Waals surface area contributed by atoms with Crippen LogP contribution in [-0.4, -0.2) is 18.1 Å². The fraction of sp³-hybridized carbons (Fsp3) is 0.364. The van der Waals surface area contributed by atoms with Crippen LogP contribution in [0.1, 0.15) is 12.5 Å². The first-order valence-corrected chi connectivity index (χ1v) is 5.13. The highest BCUT2D eigenvalue weighted by Crippen LogP contribution is 2.19. The first kappa shape index (κ1) is 11.8. The van der Waals surface area contributed by atoms with Crippen molar-refractivity contribution in [2.75, 3.05) is 18.0 Å². The first-order valence-electron chi connectivity index (χ1n) is 4.75. The van der Waals surface area contributed by atoms with Gasteiger partial charge in [-0.05, 0) is 18.6 Å². The maximum Gasteiger partial charge on any atom is 0.129 e. The van der Waals surface area contributed by atoms with Gasteiger partial charge in [0.15, 0.2) is 0 Å². The van der Waals surface area contributed by atoms with Crippen molar-refractivity contribution in [3.63, 3.8) is 0 Å². The molecular weight excluding hydrogens is 210 g/mol. The molecule has 0 bridgehead atoms. The summed E-state index contributed by atoms with van der Waals surface area (Å²) >= 11 is 5.92. The second-order valence-electron chi connectivity index (χ2n) is 3.06. The molecule has 1 aromatic rings. The zero-order chi connectivity index (χ0) is 11.3. The Balaban J connectivity index is 2.99. The van der Waals surface area contributed by atoms with Crippen molar-refractivity contribution < 1.29 is 0 Å². The van der Waals surface area contributed by atoms with E-state index in [1.165, 1.54) is 0 Å². The second-order valence-corrected chi connectivity index (χ2v) is 3.46. The standard InChI is InChI=1S/C11H14ClN3/c1-3-5-15(4-2)11-6-9(7-13)10(12)8-14-11/h1,6,8H,4-5,7,13H2,2H3. The number of pyridine rings is 1. The Morgan fingerprint density at radius 2 is 2.40 bits per heavy atom. The summed E-state index contributed by atoms with van der Waals surface area (Å²) in [5, 5.41) is 0.595. The van der Waals surface area contributed by atoms with Gasteiger partial charge in [0.1, 0.15) is 5.82 Å². The molecule has 80 valence electrons. The summed E-state index contributed by atoms with van der Waals surface area (Å²) in [4.78, 5) is 6.20. The molecule has 1 aromatic heterocycles. The fourth-order valence-electron chi connectivity index (χ4n) is 1.26. The summed E-state index contributed by atoms with van der Waals surface area (Å²) in [5.41, 5.74) is 6.45. The number of aromatic nitrogens is 1. The quantitative estimate of drug-likeness (QED) is 0.790. The van der Waals surface area contributed by atoms with E-state index >= 15 is 0 Å². The molecule has 0 fully saturated rings. The average Bonchev–Trinajstić information content (AvgIpc) is 2.27. The summed E-state index contributed by atoms with van der Waals surface area (Å²) in [6.07, 6.45) is 6.88. The van der Waals surface area contributed by atoms with E-state index in [0.717, 1.165) is 17.9 Å². The van der Waals surface area contributed by atoms with Crippen LogP contribution in [0.15, 0.2) is 12.3 Å². The molecular formula is C11H14ClN3. The molecule has 15 heavy (non-hydrogen) atoms. The summed E-state index contributed by atoms with van der Waals surface area (Å²) in [7, 11) is 0.